The summed E-state index contributed by atoms with van der Waals surface area (Å²) in [5.74, 6) is 0.700. The molecule has 6 heteroatoms. The largest absolute Gasteiger partial charge is 0.326 e. The highest BCUT2D eigenvalue weighted by Gasteiger charge is 2.11. The molecule has 2 aromatic carbocycles. The van der Waals surface area contributed by atoms with Crippen LogP contribution in [0.15, 0.2) is 48.5 Å². The van der Waals surface area contributed by atoms with Gasteiger partial charge in [0, 0.05) is 24.2 Å². The van der Waals surface area contributed by atoms with Crippen molar-refractivity contribution in [3.8, 4) is 11.4 Å². The van der Waals surface area contributed by atoms with Gasteiger partial charge in [0.05, 0.1) is 0 Å². The number of rotatable bonds is 6. The first kappa shape index (κ1) is 18.1. The maximum Gasteiger partial charge on any atom is 0.226 e. The summed E-state index contributed by atoms with van der Waals surface area (Å²) < 4.78 is 2.38. The summed E-state index contributed by atoms with van der Waals surface area (Å²) in [5.41, 5.74) is 4.18. The molecule has 5 nitrogen and oxygen atoms in total. The highest BCUT2D eigenvalue weighted by Crippen LogP contribution is 2.19. The lowest BCUT2D eigenvalue weighted by Crippen LogP contribution is -2.15. The van der Waals surface area contributed by atoms with Crippen molar-refractivity contribution in [2.45, 2.75) is 33.2 Å². The molecule has 2 N–H and O–H groups in total. The fraction of sp³-hybridized carbons (Fsp3) is 0.250. The number of hydrogen-bond donors (Lipinski definition) is 2. The second kappa shape index (κ2) is 8.10. The molecule has 1 aromatic heterocycles. The molecule has 3 rings (SSSR count). The number of aromatic amines is 1. The van der Waals surface area contributed by atoms with Crippen LogP contribution in [0.3, 0.4) is 0 Å². The van der Waals surface area contributed by atoms with Gasteiger partial charge < -0.3 is 5.32 Å². The zero-order valence-corrected chi connectivity index (χ0v) is 15.8. The van der Waals surface area contributed by atoms with E-state index < -0.39 is 0 Å². The zero-order valence-electron chi connectivity index (χ0n) is 15.0. The van der Waals surface area contributed by atoms with Crippen molar-refractivity contribution in [1.82, 2.24) is 14.8 Å². The minimum Gasteiger partial charge on any atom is -0.326 e. The van der Waals surface area contributed by atoms with Gasteiger partial charge in [-0.2, -0.15) is 5.10 Å². The molecule has 0 aliphatic rings. The van der Waals surface area contributed by atoms with Crippen molar-refractivity contribution in [2.75, 3.05) is 5.32 Å². The van der Waals surface area contributed by atoms with Crippen molar-refractivity contribution in [3.05, 3.63) is 64.4 Å². The maximum atomic E-state index is 12.3. The van der Waals surface area contributed by atoms with Crippen LogP contribution in [-0.4, -0.2) is 20.7 Å². The minimum atomic E-state index is -0.0486. The van der Waals surface area contributed by atoms with E-state index in [4.69, 9.17) is 12.2 Å². The number of carbonyl (C=O) groups excluding carboxylic acids is 1. The average molecular weight is 366 g/mol. The van der Waals surface area contributed by atoms with E-state index in [2.05, 4.69) is 28.5 Å². The number of aromatic nitrogens is 3. The van der Waals surface area contributed by atoms with E-state index in [0.29, 0.717) is 17.7 Å². The minimum absolute atomic E-state index is 0.0486. The topological polar surface area (TPSA) is 62.7 Å². The van der Waals surface area contributed by atoms with Gasteiger partial charge in [-0.3, -0.25) is 14.5 Å². The molecule has 0 bridgehead atoms. The fourth-order valence-corrected chi connectivity index (χ4v) is 3.01. The van der Waals surface area contributed by atoms with Gasteiger partial charge in [0.2, 0.25) is 5.91 Å². The number of benzene rings is 2. The normalized spacial score (nSPS) is 10.7. The smallest absolute Gasteiger partial charge is 0.226 e. The Hall–Kier alpha value is -2.73. The van der Waals surface area contributed by atoms with Crippen LogP contribution in [0.25, 0.3) is 11.4 Å². The predicted octanol–water partition coefficient (Wildman–Crippen LogP) is 4.51. The summed E-state index contributed by atoms with van der Waals surface area (Å²) >= 11 is 5.33. The van der Waals surface area contributed by atoms with Crippen molar-refractivity contribution in [3.63, 3.8) is 0 Å². The quantitative estimate of drug-likeness (QED) is 0.631. The number of nitrogens with one attached hydrogen (secondary N) is 2. The van der Waals surface area contributed by atoms with Crippen LogP contribution in [0.2, 0.25) is 0 Å². The molecule has 134 valence electrons. The van der Waals surface area contributed by atoms with Crippen LogP contribution in [0.4, 0.5) is 5.69 Å². The molecule has 0 radical (unpaired) electrons. The highest BCUT2D eigenvalue weighted by molar-refractivity contribution is 7.71. The first-order chi connectivity index (χ1) is 12.6. The molecule has 0 atom stereocenters. The summed E-state index contributed by atoms with van der Waals surface area (Å²) in [4.78, 5) is 12.3. The molecular formula is C20H22N4OS. The standard InChI is InChI=1S/C20H22N4OS/c1-3-15-7-9-17(10-8-15)21-18(25)11-12-24-19(22-23-20(24)26)16-6-4-5-14(2)13-16/h4-10,13H,3,11-12H2,1-2H3,(H,21,25)(H,23,26). The Labute approximate surface area is 158 Å². The van der Waals surface area contributed by atoms with Gasteiger partial charge in [0.15, 0.2) is 10.6 Å². The summed E-state index contributed by atoms with van der Waals surface area (Å²) in [5, 5.41) is 10.1. The van der Waals surface area contributed by atoms with Crippen molar-refractivity contribution >= 4 is 23.8 Å². The van der Waals surface area contributed by atoms with Crippen LogP contribution in [0.5, 0.6) is 0 Å². The molecule has 1 heterocycles. The lowest BCUT2D eigenvalue weighted by atomic mass is 10.1. The Morgan fingerprint density at radius 1 is 1.23 bits per heavy atom. The number of carbonyl (C=O) groups is 1. The fourth-order valence-electron chi connectivity index (χ4n) is 2.79. The van der Waals surface area contributed by atoms with Gasteiger partial charge in [0.1, 0.15) is 0 Å². The monoisotopic (exact) mass is 366 g/mol. The molecule has 1 amide bonds. The molecule has 0 saturated heterocycles. The third-order valence-corrected chi connectivity index (χ3v) is 4.55. The second-order valence-corrected chi connectivity index (χ2v) is 6.61. The number of H-pyrrole nitrogens is 1. The van der Waals surface area contributed by atoms with Crippen molar-refractivity contribution in [2.24, 2.45) is 0 Å². The number of anilines is 1. The van der Waals surface area contributed by atoms with Crippen molar-refractivity contribution in [1.29, 1.82) is 0 Å². The first-order valence-corrected chi connectivity index (χ1v) is 9.08. The molecule has 0 unspecified atom stereocenters. The van der Waals surface area contributed by atoms with E-state index in [-0.39, 0.29) is 5.91 Å². The van der Waals surface area contributed by atoms with Gasteiger partial charge >= 0.3 is 0 Å². The number of amides is 1. The number of nitrogens with zero attached hydrogens (tertiary/aromatic N) is 2. The molecule has 0 saturated carbocycles. The van der Waals surface area contributed by atoms with E-state index in [9.17, 15) is 4.79 Å². The first-order valence-electron chi connectivity index (χ1n) is 8.68. The Bertz CT molecular complexity index is 956. The molecular weight excluding hydrogens is 344 g/mol. The van der Waals surface area contributed by atoms with Crippen LogP contribution < -0.4 is 5.32 Å². The van der Waals surface area contributed by atoms with Crippen LogP contribution >= 0.6 is 12.2 Å². The zero-order chi connectivity index (χ0) is 18.5. The SMILES string of the molecule is CCc1ccc(NC(=O)CCn2c(-c3cccc(C)c3)n[nH]c2=S)cc1. The third-order valence-electron chi connectivity index (χ3n) is 4.24. The van der Waals surface area contributed by atoms with E-state index in [1.54, 1.807) is 0 Å². The average Bonchev–Trinajstić information content (AvgIpc) is 3.01. The Morgan fingerprint density at radius 3 is 2.69 bits per heavy atom. The van der Waals surface area contributed by atoms with Crippen molar-refractivity contribution < 1.29 is 4.79 Å². The maximum absolute atomic E-state index is 12.3. The Morgan fingerprint density at radius 2 is 2.00 bits per heavy atom. The summed E-state index contributed by atoms with van der Waals surface area (Å²) in [6.07, 6.45) is 1.30. The molecule has 0 aliphatic carbocycles. The lowest BCUT2D eigenvalue weighted by molar-refractivity contribution is -0.116. The third kappa shape index (κ3) is 4.26. The molecule has 0 spiro atoms. The van der Waals surface area contributed by atoms with E-state index >= 15 is 0 Å². The van der Waals surface area contributed by atoms with Gasteiger partial charge in [-0.05, 0) is 49.3 Å². The van der Waals surface area contributed by atoms with E-state index in [1.165, 1.54) is 5.56 Å². The molecule has 26 heavy (non-hydrogen) atoms. The van der Waals surface area contributed by atoms with E-state index in [0.717, 1.165) is 29.1 Å². The van der Waals surface area contributed by atoms with E-state index in [1.807, 2.05) is 54.0 Å². The van der Waals surface area contributed by atoms with Crippen LogP contribution in [-0.2, 0) is 17.8 Å². The van der Waals surface area contributed by atoms with Gasteiger partial charge in [-0.15, -0.1) is 0 Å². The summed E-state index contributed by atoms with van der Waals surface area (Å²) in [7, 11) is 0. The number of aryl methyl sites for hydroxylation is 2. The van der Waals surface area contributed by atoms with Gasteiger partial charge in [-0.1, -0.05) is 42.8 Å². The second-order valence-electron chi connectivity index (χ2n) is 6.22. The lowest BCUT2D eigenvalue weighted by Gasteiger charge is -2.09. The van der Waals surface area contributed by atoms with Gasteiger partial charge in [-0.25, -0.2) is 0 Å². The number of hydrogen-bond acceptors (Lipinski definition) is 3. The predicted molar refractivity (Wildman–Crippen MR) is 107 cm³/mol. The van der Waals surface area contributed by atoms with Crippen LogP contribution in [0.1, 0.15) is 24.5 Å². The molecule has 0 fully saturated rings. The Kier molecular flexibility index (Phi) is 5.63. The van der Waals surface area contributed by atoms with Crippen LogP contribution in [0, 0.1) is 11.7 Å². The highest BCUT2D eigenvalue weighted by atomic mass is 32.1. The molecule has 0 aliphatic heterocycles. The van der Waals surface area contributed by atoms with Gasteiger partial charge in [0.25, 0.3) is 0 Å². The molecule has 3 aromatic rings. The summed E-state index contributed by atoms with van der Waals surface area (Å²) in [6.45, 7) is 4.61. The summed E-state index contributed by atoms with van der Waals surface area (Å²) in [6, 6.07) is 16.0. The Balaban J connectivity index is 1.68.